The minimum atomic E-state index is -1.42. The van der Waals surface area contributed by atoms with Gasteiger partial charge in [0.2, 0.25) is 11.8 Å². The van der Waals surface area contributed by atoms with Gasteiger partial charge in [0.15, 0.2) is 5.69 Å². The monoisotopic (exact) mass is 1230 g/mol. The predicted octanol–water partition coefficient (Wildman–Crippen LogP) is 4.59. The van der Waals surface area contributed by atoms with E-state index in [0.717, 1.165) is 69.9 Å². The van der Waals surface area contributed by atoms with Crippen LogP contribution in [0.15, 0.2) is 42.5 Å². The highest BCUT2D eigenvalue weighted by atomic mass is 16.5. The van der Waals surface area contributed by atoms with Gasteiger partial charge in [-0.3, -0.25) is 48.4 Å². The van der Waals surface area contributed by atoms with Gasteiger partial charge in [0.25, 0.3) is 11.8 Å². The number of benzene rings is 2. The van der Waals surface area contributed by atoms with Crippen molar-refractivity contribution < 1.29 is 63.1 Å². The zero-order valence-corrected chi connectivity index (χ0v) is 53.2. The summed E-state index contributed by atoms with van der Waals surface area (Å²) in [6.45, 7) is 12.3. The number of fused-ring (bicyclic) bond motifs is 2. The summed E-state index contributed by atoms with van der Waals surface area (Å²) in [4.78, 5) is 115. The highest BCUT2D eigenvalue weighted by Gasteiger charge is 2.53. The zero-order valence-electron chi connectivity index (χ0n) is 53.2. The van der Waals surface area contributed by atoms with Crippen LogP contribution in [0.5, 0.6) is 11.5 Å². The fourth-order valence-electron chi connectivity index (χ4n) is 12.8. The van der Waals surface area contributed by atoms with Crippen molar-refractivity contribution in [1.29, 1.82) is 0 Å². The third-order valence-electron chi connectivity index (χ3n) is 17.7. The number of nitrogens with one attached hydrogen (secondary N) is 2. The van der Waals surface area contributed by atoms with Gasteiger partial charge in [-0.05, 0) is 144 Å². The molecule has 6 rings (SSSR count). The molecule has 4 atom stereocenters. The van der Waals surface area contributed by atoms with E-state index in [9.17, 15) is 53.7 Å². The molecule has 2 bridgehead atoms. The van der Waals surface area contributed by atoms with Crippen LogP contribution in [0, 0.1) is 17.8 Å². The second-order valence-electron chi connectivity index (χ2n) is 24.7. The van der Waals surface area contributed by atoms with Gasteiger partial charge in [0.05, 0.1) is 57.3 Å². The molecule has 88 heavy (non-hydrogen) atoms. The first-order valence-corrected chi connectivity index (χ1v) is 31.3. The molecule has 24 heteroatoms. The normalized spacial score (nSPS) is 19.9. The molecular weight excluding hydrogens is 1130 g/mol. The van der Waals surface area contributed by atoms with Gasteiger partial charge in [0.1, 0.15) is 23.3 Å². The smallest absolute Gasteiger partial charge is 0.329 e. The number of hydrogen-bond acceptors (Lipinski definition) is 16. The zero-order chi connectivity index (χ0) is 64.1. The Bertz CT molecular complexity index is 2790. The van der Waals surface area contributed by atoms with E-state index in [0.29, 0.717) is 144 Å². The van der Waals surface area contributed by atoms with E-state index in [4.69, 9.17) is 14.6 Å². The first-order valence-electron chi connectivity index (χ1n) is 31.3. The fourth-order valence-corrected chi connectivity index (χ4v) is 12.8. The van der Waals surface area contributed by atoms with E-state index in [1.54, 1.807) is 75.9 Å². The molecule has 3 aromatic rings. The lowest BCUT2D eigenvalue weighted by Gasteiger charge is -2.48. The second kappa shape index (κ2) is 34.1. The van der Waals surface area contributed by atoms with Crippen molar-refractivity contribution in [3.8, 4) is 28.4 Å². The van der Waals surface area contributed by atoms with Crippen molar-refractivity contribution in [3.05, 3.63) is 59.3 Å². The van der Waals surface area contributed by atoms with E-state index in [-0.39, 0.29) is 61.4 Å². The lowest BCUT2D eigenvalue weighted by molar-refractivity contribution is -0.151. The maximum atomic E-state index is 14.4. The molecule has 1 aliphatic heterocycles. The summed E-state index contributed by atoms with van der Waals surface area (Å²) in [6.07, 6.45) is 8.40. The molecule has 1 saturated heterocycles. The van der Waals surface area contributed by atoms with Crippen molar-refractivity contribution >= 4 is 47.8 Å². The molecule has 1 aromatic heterocycles. The molecule has 4 amide bonds. The maximum absolute atomic E-state index is 14.4. The number of amides is 4. The van der Waals surface area contributed by atoms with Gasteiger partial charge in [-0.15, -0.1) is 0 Å². The summed E-state index contributed by atoms with van der Waals surface area (Å²) >= 11 is 0. The van der Waals surface area contributed by atoms with Crippen LogP contribution in [0.3, 0.4) is 0 Å². The molecule has 3 fully saturated rings. The highest BCUT2D eigenvalue weighted by Crippen LogP contribution is 2.48. The molecule has 0 radical (unpaired) electrons. The summed E-state index contributed by atoms with van der Waals surface area (Å²) in [5.74, 6) is -2.37. The molecule has 2 saturated carbocycles. The van der Waals surface area contributed by atoms with E-state index < -0.39 is 29.4 Å². The Morgan fingerprint density at radius 3 is 1.89 bits per heavy atom. The lowest BCUT2D eigenvalue weighted by Crippen LogP contribution is -2.62. The number of ether oxygens (including phenoxy) is 2. The average molecular weight is 1230 g/mol. The first-order chi connectivity index (χ1) is 42.0. The number of hydrogen-bond donors (Lipinski definition) is 5. The number of unbranched alkanes of at least 4 members (excludes halogenated alkanes) is 2. The van der Waals surface area contributed by atoms with Crippen molar-refractivity contribution in [3.63, 3.8) is 0 Å². The van der Waals surface area contributed by atoms with Crippen molar-refractivity contribution in [1.82, 2.24) is 54.7 Å². The topological polar surface area (TPSA) is 280 Å². The molecule has 2 heterocycles. The van der Waals surface area contributed by atoms with E-state index in [2.05, 4.69) is 22.5 Å². The van der Waals surface area contributed by atoms with Gasteiger partial charge in [-0.1, -0.05) is 33.3 Å². The van der Waals surface area contributed by atoms with Crippen LogP contribution in [0.2, 0.25) is 0 Å². The summed E-state index contributed by atoms with van der Waals surface area (Å²) in [5, 5.41) is 40.7. The summed E-state index contributed by atoms with van der Waals surface area (Å²) in [5.41, 5.74) is 1.58. The molecule has 3 aliphatic rings. The molecule has 0 spiro atoms. The quantitative estimate of drug-likeness (QED) is 0.0435. The van der Waals surface area contributed by atoms with Crippen molar-refractivity contribution in [2.24, 2.45) is 17.8 Å². The molecule has 2 aliphatic carbocycles. The molecule has 24 nitrogen and oxygen atoms in total. The lowest BCUT2D eigenvalue weighted by atomic mass is 9.60. The van der Waals surface area contributed by atoms with E-state index in [1.807, 2.05) is 49.9 Å². The molecule has 2 aromatic carbocycles. The molecule has 486 valence electrons. The Labute approximate surface area is 518 Å². The summed E-state index contributed by atoms with van der Waals surface area (Å²) in [7, 11) is 8.72. The van der Waals surface area contributed by atoms with Gasteiger partial charge in [0, 0.05) is 98.1 Å². The third kappa shape index (κ3) is 20.0. The number of methoxy groups -OCH3 is 2. The number of aromatic nitrogens is 2. The SMILES string of the molecule is COc1cccc(OC)c1-c1cc(C(=O)NC2(C(=O)O)CCC3CC(C)CC2C3)nn1-c1ccc(C(=O)N(C)CCCN(C)CCCN(C)C(=O)CCCCCNC(=O)CN2CCN(CC(=O)O)CCN(CC=O)CCN(CC(=O)O)CC2)cc1C(C)C. The second-order valence-corrected chi connectivity index (χ2v) is 24.7. The Morgan fingerprint density at radius 2 is 1.32 bits per heavy atom. The molecular formula is C64H97N11O13. The number of carbonyl (C=O) groups excluding carboxylic acids is 5. The van der Waals surface area contributed by atoms with Crippen LogP contribution in [0.1, 0.15) is 124 Å². The number of carbonyl (C=O) groups is 8. The first kappa shape index (κ1) is 70.1. The third-order valence-corrected chi connectivity index (χ3v) is 17.7. The molecule has 5 N–H and O–H groups in total. The summed E-state index contributed by atoms with van der Waals surface area (Å²) in [6, 6.07) is 12.5. The van der Waals surface area contributed by atoms with Crippen LogP contribution in [-0.4, -0.2) is 259 Å². The molecule has 4 unspecified atom stereocenters. The van der Waals surface area contributed by atoms with Crippen LogP contribution in [0.25, 0.3) is 16.9 Å². The van der Waals surface area contributed by atoms with Gasteiger partial charge < -0.3 is 54.9 Å². The predicted molar refractivity (Wildman–Crippen MR) is 333 cm³/mol. The van der Waals surface area contributed by atoms with Gasteiger partial charge in [-0.2, -0.15) is 5.10 Å². The Morgan fingerprint density at radius 1 is 0.727 bits per heavy atom. The standard InChI is InChI=1S/C64H97N11O13/c1-45(2)50-40-48(18-19-52(50)75-53(60-54(87-7)15-12-16-55(60)88-8)41-51(67-75)61(83)66-64(63(85)86)21-20-47-37-46(3)38-49(64)39-47)62(84)70(6)26-14-24-68(4)23-13-25-69(5)57(78)17-10-9-11-22-65-56(77)42-72-31-33-73(43-58(79)80)29-27-71(35-36-76)28-30-74(34-32-72)44-59(81)82/h12,15-16,18-19,36,40-41,45-47,49H,9-11,13-14,17,20-35,37-39,42-44H2,1-8H3,(H,65,77)(H,66,83)(H,79,80)(H,81,82)(H,85,86). The Kier molecular flexibility index (Phi) is 27.2. The average Bonchev–Trinajstić information content (AvgIpc) is 1.42. The number of aldehydes is 1. The fraction of sp³-hybridized carbons (Fsp3) is 0.641. The number of aliphatic carboxylic acids is 3. The Balaban J connectivity index is 0.955. The van der Waals surface area contributed by atoms with Crippen molar-refractivity contribution in [2.45, 2.75) is 103 Å². The van der Waals surface area contributed by atoms with Crippen molar-refractivity contribution in [2.75, 3.05) is 147 Å². The van der Waals surface area contributed by atoms with Gasteiger partial charge in [-0.25, -0.2) is 9.48 Å². The summed E-state index contributed by atoms with van der Waals surface area (Å²) < 4.78 is 13.3. The van der Waals surface area contributed by atoms with E-state index >= 15 is 0 Å². The Hall–Kier alpha value is -6.99. The minimum absolute atomic E-state index is 0.0369. The number of carboxylic acids is 3. The van der Waals surface area contributed by atoms with Gasteiger partial charge >= 0.3 is 17.9 Å². The van der Waals surface area contributed by atoms with Crippen LogP contribution in [0.4, 0.5) is 0 Å². The maximum Gasteiger partial charge on any atom is 0.329 e. The van der Waals surface area contributed by atoms with Crippen LogP contribution >= 0.6 is 0 Å². The number of rotatable bonds is 31. The van der Waals surface area contributed by atoms with E-state index in [1.165, 1.54) is 0 Å². The number of carboxylic acid groups (broad SMARTS) is 3. The largest absolute Gasteiger partial charge is 0.496 e. The van der Waals surface area contributed by atoms with Crippen LogP contribution < -0.4 is 20.1 Å². The van der Waals surface area contributed by atoms with Crippen LogP contribution in [-0.2, 0) is 28.8 Å². The highest BCUT2D eigenvalue weighted by molar-refractivity contribution is 5.98. The number of nitrogens with zero attached hydrogens (tertiary/aromatic N) is 9. The minimum Gasteiger partial charge on any atom is -0.496 e.